The van der Waals surface area contributed by atoms with Crippen LogP contribution in [0.25, 0.3) is 22.2 Å². The van der Waals surface area contributed by atoms with E-state index in [1.807, 2.05) is 13.0 Å². The molecule has 3 rings (SSSR count). The summed E-state index contributed by atoms with van der Waals surface area (Å²) >= 11 is 5.98. The molecule has 3 heterocycles. The first-order chi connectivity index (χ1) is 12.7. The molecule has 0 radical (unpaired) electrons. The van der Waals surface area contributed by atoms with Gasteiger partial charge in [0, 0.05) is 28.4 Å². The summed E-state index contributed by atoms with van der Waals surface area (Å²) < 4.78 is 19.8. The number of nitrogens with one attached hydrogen (secondary N) is 1. The van der Waals surface area contributed by atoms with Crippen molar-refractivity contribution in [3.05, 3.63) is 41.3 Å². The van der Waals surface area contributed by atoms with Gasteiger partial charge in [-0.15, -0.1) is 3.89 Å². The van der Waals surface area contributed by atoms with Crippen LogP contribution in [-0.4, -0.2) is 25.6 Å². The number of amides is 1. The largest absolute Gasteiger partial charge is 0.444 e. The second kappa shape index (κ2) is 7.36. The van der Waals surface area contributed by atoms with Gasteiger partial charge < -0.3 is 4.74 Å². The Morgan fingerprint density at radius 3 is 2.59 bits per heavy atom. The second-order valence-corrected chi connectivity index (χ2v) is 7.82. The lowest BCUT2D eigenvalue weighted by atomic mass is 10.0. The van der Waals surface area contributed by atoms with Crippen LogP contribution in [0.1, 0.15) is 26.5 Å². The molecule has 3 aromatic rings. The van der Waals surface area contributed by atoms with Crippen molar-refractivity contribution < 1.29 is 13.4 Å². The van der Waals surface area contributed by atoms with Crippen LogP contribution in [0.5, 0.6) is 0 Å². The molecular weight excluding hydrogens is 391 g/mol. The number of fused-ring (bicyclic) bond motifs is 1. The van der Waals surface area contributed by atoms with Crippen molar-refractivity contribution in [1.82, 2.24) is 13.9 Å². The van der Waals surface area contributed by atoms with E-state index >= 15 is 0 Å². The molecule has 0 aliphatic rings. The van der Waals surface area contributed by atoms with Gasteiger partial charge in [-0.2, -0.15) is 0 Å². The van der Waals surface area contributed by atoms with Crippen LogP contribution in [0.2, 0.25) is 5.15 Å². The predicted octanol–water partition coefficient (Wildman–Crippen LogP) is 5.79. The van der Waals surface area contributed by atoms with E-state index in [2.05, 4.69) is 15.3 Å². The van der Waals surface area contributed by atoms with Gasteiger partial charge in [-0.05, 0) is 52.0 Å². The lowest BCUT2D eigenvalue weighted by Gasteiger charge is -2.19. The van der Waals surface area contributed by atoms with Gasteiger partial charge in [-0.25, -0.2) is 18.7 Å². The zero-order chi connectivity index (χ0) is 19.8. The molecule has 27 heavy (non-hydrogen) atoms. The molecule has 6 nitrogen and oxygen atoms in total. The number of aryl methyl sites for hydroxylation is 1. The highest BCUT2D eigenvalue weighted by atomic mass is 35.5. The summed E-state index contributed by atoms with van der Waals surface area (Å²) in [5.41, 5.74) is 2.07. The number of pyridine rings is 2. The third kappa shape index (κ3) is 4.33. The lowest BCUT2D eigenvalue weighted by molar-refractivity contribution is 0.0635. The van der Waals surface area contributed by atoms with Crippen LogP contribution in [0.15, 0.2) is 30.5 Å². The molecule has 0 bridgehead atoms. The first-order valence-corrected chi connectivity index (χ1v) is 9.18. The van der Waals surface area contributed by atoms with Gasteiger partial charge in [0.1, 0.15) is 16.6 Å². The standard InChI is InChI=1S/C18H18ClFN4O2S/c1-10-11(6-8-15(21-10)23-17(25)26-18(2,3)4)13-9-24(27-20)16-12(13)5-7-14(19)22-16/h5-9H,1-4H3,(H,21,23,25). The maximum Gasteiger partial charge on any atom is 0.413 e. The Hall–Kier alpha value is -2.32. The van der Waals surface area contributed by atoms with Gasteiger partial charge in [-0.3, -0.25) is 5.32 Å². The summed E-state index contributed by atoms with van der Waals surface area (Å²) in [7, 11) is 0. The molecule has 3 aromatic heterocycles. The van der Waals surface area contributed by atoms with Crippen molar-refractivity contribution in [3.63, 3.8) is 0 Å². The molecule has 1 N–H and O–H groups in total. The van der Waals surface area contributed by atoms with E-state index in [4.69, 9.17) is 16.3 Å². The third-order valence-corrected chi connectivity index (χ3v) is 4.30. The Morgan fingerprint density at radius 2 is 1.96 bits per heavy atom. The van der Waals surface area contributed by atoms with Crippen molar-refractivity contribution in [3.8, 4) is 11.1 Å². The summed E-state index contributed by atoms with van der Waals surface area (Å²) in [5, 5.41) is 3.65. The fourth-order valence-electron chi connectivity index (χ4n) is 2.64. The molecule has 0 aliphatic heterocycles. The summed E-state index contributed by atoms with van der Waals surface area (Å²) in [6, 6.07) is 6.92. The molecule has 9 heteroatoms. The van der Waals surface area contributed by atoms with E-state index in [1.54, 1.807) is 45.2 Å². The second-order valence-electron chi connectivity index (χ2n) is 6.90. The zero-order valence-corrected chi connectivity index (χ0v) is 16.8. The van der Waals surface area contributed by atoms with Gasteiger partial charge in [0.15, 0.2) is 18.0 Å². The molecule has 142 valence electrons. The number of anilines is 1. The quantitative estimate of drug-likeness (QED) is 0.555. The van der Waals surface area contributed by atoms with Gasteiger partial charge in [0.2, 0.25) is 0 Å². The fourth-order valence-corrected chi connectivity index (χ4v) is 3.14. The Morgan fingerprint density at radius 1 is 1.22 bits per heavy atom. The Kier molecular flexibility index (Phi) is 5.30. The average Bonchev–Trinajstić information content (AvgIpc) is 2.90. The van der Waals surface area contributed by atoms with Crippen LogP contribution in [0.3, 0.4) is 0 Å². The van der Waals surface area contributed by atoms with E-state index in [9.17, 15) is 8.68 Å². The summed E-state index contributed by atoms with van der Waals surface area (Å²) in [5.74, 6) is 0.371. The Labute approximate surface area is 165 Å². The van der Waals surface area contributed by atoms with Crippen LogP contribution in [0, 0.1) is 6.92 Å². The van der Waals surface area contributed by atoms with Crippen molar-refractivity contribution in [2.24, 2.45) is 0 Å². The maximum absolute atomic E-state index is 13.3. The van der Waals surface area contributed by atoms with Crippen LogP contribution in [0.4, 0.5) is 14.5 Å². The third-order valence-electron chi connectivity index (χ3n) is 3.67. The number of ether oxygens (including phenoxy) is 1. The molecule has 0 atom stereocenters. The van der Waals surface area contributed by atoms with Crippen molar-refractivity contribution in [2.45, 2.75) is 33.3 Å². The molecule has 1 amide bonds. The van der Waals surface area contributed by atoms with Crippen LogP contribution < -0.4 is 5.32 Å². The van der Waals surface area contributed by atoms with Crippen molar-refractivity contribution in [1.29, 1.82) is 0 Å². The molecule has 0 spiro atoms. The van der Waals surface area contributed by atoms with E-state index < -0.39 is 11.7 Å². The number of nitrogens with zero attached hydrogens (tertiary/aromatic N) is 3. The van der Waals surface area contributed by atoms with E-state index in [0.717, 1.165) is 16.5 Å². The molecule has 0 saturated heterocycles. The molecule has 0 aliphatic carbocycles. The first kappa shape index (κ1) is 19.4. The van der Waals surface area contributed by atoms with E-state index in [0.29, 0.717) is 17.2 Å². The number of carbonyl (C=O) groups is 1. The SMILES string of the molecule is Cc1nc(NC(=O)OC(C)(C)C)ccc1-c1cn(SF)c2nc(Cl)ccc12. The van der Waals surface area contributed by atoms with Gasteiger partial charge in [-0.1, -0.05) is 11.6 Å². The van der Waals surface area contributed by atoms with Crippen molar-refractivity contribution in [2.75, 3.05) is 5.32 Å². The normalized spacial score (nSPS) is 11.6. The highest BCUT2D eigenvalue weighted by Crippen LogP contribution is 2.34. The summed E-state index contributed by atoms with van der Waals surface area (Å²) in [6.45, 7) is 7.17. The van der Waals surface area contributed by atoms with E-state index in [-0.39, 0.29) is 17.5 Å². The molecule has 0 aromatic carbocycles. The van der Waals surface area contributed by atoms with Crippen LogP contribution in [-0.2, 0) is 4.74 Å². The molecule has 0 unspecified atom stereocenters. The number of hydrogen-bond acceptors (Lipinski definition) is 5. The number of halogens is 2. The summed E-state index contributed by atoms with van der Waals surface area (Å²) in [6.07, 6.45) is 1.07. The van der Waals surface area contributed by atoms with E-state index in [1.165, 1.54) is 3.97 Å². The Balaban J connectivity index is 1.95. The topological polar surface area (TPSA) is 69.0 Å². The highest BCUT2D eigenvalue weighted by molar-refractivity contribution is 7.92. The molecule has 0 saturated carbocycles. The zero-order valence-electron chi connectivity index (χ0n) is 15.2. The predicted molar refractivity (Wildman–Crippen MR) is 107 cm³/mol. The monoisotopic (exact) mass is 408 g/mol. The van der Waals surface area contributed by atoms with Crippen molar-refractivity contribution >= 4 is 46.9 Å². The smallest absolute Gasteiger partial charge is 0.413 e. The molecular formula is C18H18ClFN4O2S. The highest BCUT2D eigenvalue weighted by Gasteiger charge is 2.18. The minimum Gasteiger partial charge on any atom is -0.444 e. The number of carbonyl (C=O) groups excluding carboxylic acids is 1. The minimum atomic E-state index is -0.598. The Bertz CT molecular complexity index is 1020. The average molecular weight is 409 g/mol. The fraction of sp³-hybridized carbons (Fsp3) is 0.278. The number of aromatic nitrogens is 3. The number of rotatable bonds is 3. The van der Waals surface area contributed by atoms with Crippen LogP contribution >= 0.6 is 23.9 Å². The minimum absolute atomic E-state index is 0.0467. The number of hydrogen-bond donors (Lipinski definition) is 1. The summed E-state index contributed by atoms with van der Waals surface area (Å²) in [4.78, 5) is 20.5. The van der Waals surface area contributed by atoms with Gasteiger partial charge in [0.05, 0.1) is 0 Å². The first-order valence-electron chi connectivity index (χ1n) is 8.12. The lowest BCUT2D eigenvalue weighted by Crippen LogP contribution is -2.27. The maximum atomic E-state index is 13.3. The van der Waals surface area contributed by atoms with Gasteiger partial charge in [0.25, 0.3) is 0 Å². The van der Waals surface area contributed by atoms with Gasteiger partial charge >= 0.3 is 6.09 Å². The molecule has 0 fully saturated rings.